The van der Waals surface area contributed by atoms with Gasteiger partial charge < -0.3 is 0 Å². The van der Waals surface area contributed by atoms with Gasteiger partial charge in [-0.15, -0.1) is 0 Å². The Morgan fingerprint density at radius 1 is 0.560 bits per heavy atom. The number of hydrogen-bond acceptors (Lipinski definition) is 0. The molecule has 3 aliphatic carbocycles. The van der Waals surface area contributed by atoms with Crippen molar-refractivity contribution in [3.8, 4) is 0 Å². The quantitative estimate of drug-likeness (QED) is 0.434. The zero-order valence-corrected chi connectivity index (χ0v) is 19.7. The van der Waals surface area contributed by atoms with E-state index in [2.05, 4.69) is 78.0 Å². The molecule has 0 aromatic heterocycles. The second kappa shape index (κ2) is 8.05. The van der Waals surface area contributed by atoms with E-state index in [1.165, 1.54) is 19.3 Å². The van der Waals surface area contributed by atoms with E-state index in [4.69, 9.17) is 0 Å². The molecule has 0 nitrogen and oxygen atoms in total. The molecule has 0 amide bonds. The molecule has 0 aliphatic heterocycles. The Labute approximate surface area is 165 Å². The Bertz CT molecular complexity index is 617. The summed E-state index contributed by atoms with van der Waals surface area (Å²) in [5.41, 5.74) is 5.02. The second-order valence-electron chi connectivity index (χ2n) is 8.66. The first kappa shape index (κ1) is 19.3. The van der Waals surface area contributed by atoms with E-state index in [0.717, 1.165) is 0 Å². The third-order valence-electron chi connectivity index (χ3n) is 5.93. The first-order valence-electron chi connectivity index (χ1n) is 10.1. The Morgan fingerprint density at radius 3 is 1.08 bits per heavy atom. The fourth-order valence-corrected chi connectivity index (χ4v) is 16.3. The molecule has 0 bridgehead atoms. The Kier molecular flexibility index (Phi) is 6.22. The molecule has 0 aromatic carbocycles. The van der Waals surface area contributed by atoms with E-state index in [9.17, 15) is 0 Å². The number of hydrogen-bond donors (Lipinski definition) is 0. The molecule has 3 aliphatic rings. The summed E-state index contributed by atoms with van der Waals surface area (Å²) in [4.78, 5) is 0. The number of allylic oxidation sites excluding steroid dienone is 12. The SMILES string of the molecule is CC(C)C1=[C]([Y]([C]2=C(C(C)C)C=CC2)[C]2=C(C(C)C)C=CC2)CC=C1. The van der Waals surface area contributed by atoms with Gasteiger partial charge in [0.25, 0.3) is 0 Å². The molecule has 1 heteroatoms. The van der Waals surface area contributed by atoms with Crippen molar-refractivity contribution in [2.75, 3.05) is 0 Å². The zero-order chi connectivity index (χ0) is 18.1. The summed E-state index contributed by atoms with van der Waals surface area (Å²) in [6.07, 6.45) is 18.3. The molecule has 0 N–H and O–H groups in total. The van der Waals surface area contributed by atoms with Crippen molar-refractivity contribution in [2.24, 2.45) is 17.8 Å². The van der Waals surface area contributed by atoms with Gasteiger partial charge in [-0.2, -0.15) is 0 Å². The van der Waals surface area contributed by atoms with Crippen LogP contribution in [-0.2, 0) is 27.4 Å². The van der Waals surface area contributed by atoms with Crippen molar-refractivity contribution in [1.82, 2.24) is 0 Å². The van der Waals surface area contributed by atoms with Gasteiger partial charge >= 0.3 is 166 Å². The molecule has 132 valence electrons. The van der Waals surface area contributed by atoms with Gasteiger partial charge in [-0.25, -0.2) is 0 Å². The molecule has 0 radical (unpaired) electrons. The van der Waals surface area contributed by atoms with Gasteiger partial charge in [0.2, 0.25) is 0 Å². The standard InChI is InChI=1S/3C8H11.Y/c3*1-7(2)8-5-3-4-6-8;/h3*3,5,7H,4H2,1-2H3;. The summed E-state index contributed by atoms with van der Waals surface area (Å²) < 4.78 is 5.64. The fourth-order valence-electron chi connectivity index (χ4n) is 4.79. The third-order valence-corrected chi connectivity index (χ3v) is 15.3. The van der Waals surface area contributed by atoms with Gasteiger partial charge in [0.1, 0.15) is 0 Å². The van der Waals surface area contributed by atoms with E-state index in [0.29, 0.717) is 17.8 Å². The summed E-state index contributed by atoms with van der Waals surface area (Å²) in [7, 11) is 0. The van der Waals surface area contributed by atoms with Crippen molar-refractivity contribution in [1.29, 1.82) is 0 Å². The summed E-state index contributed by atoms with van der Waals surface area (Å²) in [5, 5.41) is 0. The van der Waals surface area contributed by atoms with Crippen LogP contribution in [0.5, 0.6) is 0 Å². The Morgan fingerprint density at radius 2 is 0.840 bits per heavy atom. The van der Waals surface area contributed by atoms with Gasteiger partial charge in [0, 0.05) is 0 Å². The maximum absolute atomic E-state index is 2.44. The van der Waals surface area contributed by atoms with E-state index < -0.39 is 27.4 Å². The molecule has 3 rings (SSSR count). The predicted molar refractivity (Wildman–Crippen MR) is 107 cm³/mol. The summed E-state index contributed by atoms with van der Waals surface area (Å²) >= 11 is -2.20. The normalized spacial score (nSPS) is 20.0. The van der Waals surface area contributed by atoms with Crippen molar-refractivity contribution in [3.63, 3.8) is 0 Å². The molecule has 0 fully saturated rings. The molecular formula is C24H33Y. The van der Waals surface area contributed by atoms with E-state index in [-0.39, 0.29) is 0 Å². The van der Waals surface area contributed by atoms with Gasteiger partial charge in [0.05, 0.1) is 0 Å². The van der Waals surface area contributed by atoms with Crippen LogP contribution in [0.15, 0.2) is 60.3 Å². The minimum absolute atomic E-state index is 0.655. The Hall–Kier alpha value is -0.456. The molecular weight excluding hydrogens is 377 g/mol. The van der Waals surface area contributed by atoms with Crippen molar-refractivity contribution in [2.45, 2.75) is 60.8 Å². The fraction of sp³-hybridized carbons (Fsp3) is 0.500. The first-order valence-corrected chi connectivity index (χ1v) is 14.4. The summed E-state index contributed by atoms with van der Waals surface area (Å²) in [6.45, 7) is 14.3. The van der Waals surface area contributed by atoms with Crippen LogP contribution < -0.4 is 0 Å². The van der Waals surface area contributed by atoms with Crippen LogP contribution in [0.3, 0.4) is 0 Å². The van der Waals surface area contributed by atoms with E-state index in [1.807, 2.05) is 7.15 Å². The molecule has 0 heterocycles. The van der Waals surface area contributed by atoms with Gasteiger partial charge in [-0.05, 0) is 0 Å². The Balaban J connectivity index is 2.17. The van der Waals surface area contributed by atoms with Crippen LogP contribution >= 0.6 is 0 Å². The summed E-state index contributed by atoms with van der Waals surface area (Å²) in [5.74, 6) is 1.97. The topological polar surface area (TPSA) is 0 Å². The minimum atomic E-state index is -2.20. The molecule has 0 aromatic rings. The first-order chi connectivity index (χ1) is 11.9. The zero-order valence-electron chi connectivity index (χ0n) is 16.9. The van der Waals surface area contributed by atoms with Crippen molar-refractivity contribution in [3.05, 3.63) is 60.3 Å². The van der Waals surface area contributed by atoms with Crippen molar-refractivity contribution < 1.29 is 27.4 Å². The van der Waals surface area contributed by atoms with Crippen LogP contribution in [0.4, 0.5) is 0 Å². The molecule has 25 heavy (non-hydrogen) atoms. The molecule has 0 spiro atoms. The summed E-state index contributed by atoms with van der Waals surface area (Å²) in [6, 6.07) is 0. The molecule has 0 saturated carbocycles. The van der Waals surface area contributed by atoms with E-state index >= 15 is 0 Å². The van der Waals surface area contributed by atoms with Crippen LogP contribution in [0, 0.1) is 17.8 Å². The average molecular weight is 410 g/mol. The maximum atomic E-state index is 2.44. The second-order valence-corrected chi connectivity index (χ2v) is 15.9. The number of rotatable bonds is 6. The van der Waals surface area contributed by atoms with Gasteiger partial charge in [-0.1, -0.05) is 0 Å². The van der Waals surface area contributed by atoms with Crippen LogP contribution in [-0.4, -0.2) is 0 Å². The van der Waals surface area contributed by atoms with Gasteiger partial charge in [-0.3, -0.25) is 0 Å². The van der Waals surface area contributed by atoms with Crippen LogP contribution in [0.1, 0.15) is 60.8 Å². The van der Waals surface area contributed by atoms with Crippen molar-refractivity contribution >= 4 is 0 Å². The van der Waals surface area contributed by atoms with Crippen LogP contribution in [0.25, 0.3) is 0 Å². The predicted octanol–water partition coefficient (Wildman–Crippen LogP) is 7.21. The van der Waals surface area contributed by atoms with Gasteiger partial charge in [0.15, 0.2) is 0 Å². The third kappa shape index (κ3) is 3.81. The monoisotopic (exact) mass is 410 g/mol. The van der Waals surface area contributed by atoms with Crippen LogP contribution in [0.2, 0.25) is 0 Å². The molecule has 0 atom stereocenters. The average Bonchev–Trinajstić information content (AvgIpc) is 3.28. The molecule has 0 saturated heterocycles. The van der Waals surface area contributed by atoms with E-state index in [1.54, 1.807) is 16.7 Å². The molecule has 0 unspecified atom stereocenters.